The van der Waals surface area contributed by atoms with Crippen molar-refractivity contribution >= 4 is 51.6 Å². The molecule has 16 nitrogen and oxygen atoms in total. The Kier molecular flexibility index (Phi) is 14.8. The third-order valence-corrected chi connectivity index (χ3v) is 20.1. The van der Waals surface area contributed by atoms with Crippen LogP contribution in [-0.2, 0) is 19.8 Å². The van der Waals surface area contributed by atoms with Crippen molar-refractivity contribution in [3.8, 4) is 16.1 Å². The van der Waals surface area contributed by atoms with Gasteiger partial charge in [0.2, 0.25) is 11.8 Å². The minimum Gasteiger partial charge on any atom is -0.481 e. The predicted molar refractivity (Wildman–Crippen MR) is 306 cm³/mol. The van der Waals surface area contributed by atoms with Gasteiger partial charge in [0.1, 0.15) is 17.9 Å². The second-order valence-corrected chi connectivity index (χ2v) is 26.3. The highest BCUT2D eigenvalue weighted by Gasteiger charge is 2.49. The fourth-order valence-corrected chi connectivity index (χ4v) is 15.6. The fraction of sp³-hybridized carbons (Fsp3) is 0.541. The molecular weight excluding hydrogens is 1040 g/mol. The molecule has 2 aromatic heterocycles. The number of hydrogen-bond acceptors (Lipinski definition) is 13. The first-order valence-corrected chi connectivity index (χ1v) is 30.1. The van der Waals surface area contributed by atoms with Gasteiger partial charge in [-0.05, 0) is 129 Å². The number of hydrogen-bond donors (Lipinski definition) is 5. The minimum absolute atomic E-state index is 0.0441. The summed E-state index contributed by atoms with van der Waals surface area (Å²) in [6, 6.07) is 18.9. The molecule has 5 aliphatic heterocycles. The third-order valence-electron chi connectivity index (χ3n) is 18.8. The minimum atomic E-state index is -0.892. The van der Waals surface area contributed by atoms with Crippen molar-refractivity contribution < 1.29 is 24.6 Å². The molecule has 12 rings (SSSR count). The summed E-state index contributed by atoms with van der Waals surface area (Å²) in [4.78, 5) is 71.2. The number of benzene rings is 3. The Bertz CT molecular complexity index is 3220. The summed E-state index contributed by atoms with van der Waals surface area (Å²) in [5, 5.41) is 26.8. The lowest BCUT2D eigenvalue weighted by Gasteiger charge is -2.40. The van der Waals surface area contributed by atoms with E-state index in [-0.39, 0.29) is 35.8 Å². The Morgan fingerprint density at radius 3 is 2.37 bits per heavy atom. The highest BCUT2D eigenvalue weighted by molar-refractivity contribution is 7.13. The first kappa shape index (κ1) is 53.9. The number of piperidine rings is 1. The van der Waals surface area contributed by atoms with Crippen molar-refractivity contribution in [2.75, 3.05) is 45.8 Å². The fourth-order valence-electron chi connectivity index (χ4n) is 14.6. The Morgan fingerprint density at radius 2 is 1.67 bits per heavy atom. The topological polar surface area (TPSA) is 188 Å². The number of aliphatic carboxylic acids is 1. The van der Waals surface area contributed by atoms with Gasteiger partial charge in [-0.2, -0.15) is 4.98 Å². The SMILES string of the molecule is Cc1ncsc1-c1ccc([C@H](CN2CC(C(=O)O)C2)NC(=O)[C@@H]2C[C@@H](O)CN2C(=O)[C@@H](N2C=C(C3CCC(CN4CCC(c5ccc6c(c5)-n5c(nc(=O)c7c(Cl)cccc75)C65CCCCC5)CC4)CC3)NN2)C(C)(C)C)cc1. The quantitative estimate of drug-likeness (QED) is 0.0757. The van der Waals surface area contributed by atoms with Crippen LogP contribution in [0, 0.1) is 30.1 Å². The van der Waals surface area contributed by atoms with Crippen LogP contribution in [0.1, 0.15) is 138 Å². The number of thiazole rings is 1. The van der Waals surface area contributed by atoms with Crippen LogP contribution in [0.5, 0.6) is 0 Å². The molecule has 4 atom stereocenters. The van der Waals surface area contributed by atoms with Crippen LogP contribution in [0.25, 0.3) is 27.0 Å². The first-order valence-electron chi connectivity index (χ1n) is 28.9. The molecule has 1 spiro atoms. The number of carbonyl (C=O) groups excluding carboxylic acids is 2. The Labute approximate surface area is 471 Å². The number of aryl methyl sites for hydroxylation is 1. The zero-order chi connectivity index (χ0) is 54.9. The largest absolute Gasteiger partial charge is 0.481 e. The lowest BCUT2D eigenvalue weighted by molar-refractivity contribution is -0.148. The number of halogens is 1. The summed E-state index contributed by atoms with van der Waals surface area (Å²) in [5.74, 6) is 0.427. The number of rotatable bonds is 13. The van der Waals surface area contributed by atoms with E-state index >= 15 is 0 Å². The monoisotopic (exact) mass is 1110 g/mol. The summed E-state index contributed by atoms with van der Waals surface area (Å²) in [6.07, 6.45) is 13.3. The van der Waals surface area contributed by atoms with Crippen LogP contribution in [0.3, 0.4) is 0 Å². The Balaban J connectivity index is 0.669. The van der Waals surface area contributed by atoms with Gasteiger partial charge in [-0.25, -0.2) is 4.98 Å². The summed E-state index contributed by atoms with van der Waals surface area (Å²) in [5.41, 5.74) is 16.2. The molecule has 3 aromatic carbocycles. The normalized spacial score (nSPS) is 24.5. The van der Waals surface area contributed by atoms with Crippen molar-refractivity contribution in [3.63, 3.8) is 0 Å². The molecule has 7 aliphatic rings. The standard InChI is InChI=1S/C61H75ClN10O6S/c1-36-53(79-35-63-36)41-17-15-39(16-18-41)47(33-69-30-43(31-69)58(77)78)64-55(74)51-28-44(73)32-70(51)57(76)54(60(2,3)4)71-34-48(66-67-71)40-13-11-37(12-14-40)29-68-25-21-38(22-26-68)42-19-20-45-50(27-42)72-49-10-8-9-46(62)52(49)56(75)65-59(72)61(45)23-6-5-7-24-61/h8-10,15-20,27,34-35,37-38,40,43-44,47,51,54,66-67,73H,5-7,11-14,21-26,28-33H2,1-4H3,(H,64,74)(H,77,78)/t37?,40?,44-,47+,51+,54-/m1/s1. The number of fused-ring (bicyclic) bond motifs is 7. The third kappa shape index (κ3) is 10.3. The smallest absolute Gasteiger partial charge is 0.309 e. The molecule has 0 unspecified atom stereocenters. The number of aliphatic hydroxyl groups is 1. The Morgan fingerprint density at radius 1 is 0.924 bits per heavy atom. The molecule has 2 saturated carbocycles. The zero-order valence-corrected chi connectivity index (χ0v) is 47.5. The number of likely N-dealkylation sites (tertiary alicyclic amines) is 3. The summed E-state index contributed by atoms with van der Waals surface area (Å²) < 4.78 is 2.27. The van der Waals surface area contributed by atoms with Crippen LogP contribution < -0.4 is 21.8 Å². The predicted octanol–water partition coefficient (Wildman–Crippen LogP) is 8.44. The van der Waals surface area contributed by atoms with Crippen LogP contribution in [0.4, 0.5) is 0 Å². The molecule has 5 N–H and O–H groups in total. The van der Waals surface area contributed by atoms with Crippen molar-refractivity contribution in [1.82, 2.24) is 50.5 Å². The van der Waals surface area contributed by atoms with Gasteiger partial charge >= 0.3 is 5.97 Å². The van der Waals surface area contributed by atoms with Gasteiger partial charge in [0.15, 0.2) is 0 Å². The van der Waals surface area contributed by atoms with Crippen LogP contribution in [-0.4, -0.2) is 126 Å². The van der Waals surface area contributed by atoms with Crippen molar-refractivity contribution in [3.05, 3.63) is 122 Å². The molecule has 2 aliphatic carbocycles. The average molecular weight is 1110 g/mol. The number of carbonyl (C=O) groups is 3. The number of nitrogens with one attached hydrogen (secondary N) is 3. The summed E-state index contributed by atoms with van der Waals surface area (Å²) in [6.45, 7) is 12.5. The van der Waals surface area contributed by atoms with Crippen molar-refractivity contribution in [2.45, 2.75) is 140 Å². The first-order chi connectivity index (χ1) is 38.0. The number of carboxylic acid groups (broad SMARTS) is 1. The number of aliphatic hydroxyl groups excluding tert-OH is 1. The molecule has 418 valence electrons. The van der Waals surface area contributed by atoms with E-state index in [0.29, 0.717) is 47.8 Å². The molecule has 5 aromatic rings. The molecule has 7 heterocycles. The van der Waals surface area contributed by atoms with E-state index in [0.717, 1.165) is 123 Å². The maximum atomic E-state index is 14.9. The van der Waals surface area contributed by atoms with Gasteiger partial charge in [0.25, 0.3) is 5.56 Å². The molecule has 79 heavy (non-hydrogen) atoms. The van der Waals surface area contributed by atoms with Crippen LogP contribution in [0.2, 0.25) is 5.02 Å². The van der Waals surface area contributed by atoms with Crippen molar-refractivity contribution in [1.29, 1.82) is 0 Å². The van der Waals surface area contributed by atoms with Crippen LogP contribution >= 0.6 is 22.9 Å². The van der Waals surface area contributed by atoms with Crippen LogP contribution in [0.15, 0.2) is 82.9 Å². The van der Waals surface area contributed by atoms with E-state index in [1.54, 1.807) is 22.3 Å². The Hall–Kier alpha value is -5.69. The molecular formula is C61H75ClN10O6S. The summed E-state index contributed by atoms with van der Waals surface area (Å²) in [7, 11) is 0. The molecule has 18 heteroatoms. The molecule has 2 amide bonds. The van der Waals surface area contributed by atoms with E-state index in [9.17, 15) is 29.4 Å². The second-order valence-electron chi connectivity index (χ2n) is 25.0. The number of amides is 2. The average Bonchev–Trinajstić information content (AvgIpc) is 3.28. The number of β-amino-alcohol motifs (C(OH)–C–C–N with tert-alkyl or cyclic N) is 1. The number of aromatic nitrogens is 3. The molecule has 5 fully saturated rings. The maximum Gasteiger partial charge on any atom is 0.309 e. The second kappa shape index (κ2) is 21.7. The lowest BCUT2D eigenvalue weighted by Crippen LogP contribution is -2.60. The van der Waals surface area contributed by atoms with Gasteiger partial charge in [-0.1, -0.05) is 94.1 Å². The van der Waals surface area contributed by atoms with Gasteiger partial charge in [-0.3, -0.25) is 33.7 Å². The number of carboxylic acids is 1. The van der Waals surface area contributed by atoms with Gasteiger partial charge in [-0.15, -0.1) is 16.9 Å². The highest BCUT2D eigenvalue weighted by Crippen LogP contribution is 2.52. The van der Waals surface area contributed by atoms with Gasteiger partial charge in [0.05, 0.1) is 61.2 Å². The van der Waals surface area contributed by atoms with E-state index in [4.69, 9.17) is 16.6 Å². The number of hydrazine groups is 2. The van der Waals surface area contributed by atoms with E-state index in [2.05, 4.69) is 55.1 Å². The van der Waals surface area contributed by atoms with E-state index < -0.39 is 41.5 Å². The molecule has 3 saturated heterocycles. The van der Waals surface area contributed by atoms with E-state index in [1.807, 2.05) is 79.5 Å². The van der Waals surface area contributed by atoms with E-state index in [1.165, 1.54) is 23.2 Å². The number of allylic oxidation sites excluding steroid dienone is 1. The summed E-state index contributed by atoms with van der Waals surface area (Å²) >= 11 is 8.23. The van der Waals surface area contributed by atoms with Gasteiger partial charge in [0, 0.05) is 57.0 Å². The number of nitrogens with zero attached hydrogens (tertiary/aromatic N) is 7. The zero-order valence-electron chi connectivity index (χ0n) is 45.9. The highest BCUT2D eigenvalue weighted by atomic mass is 35.5. The molecule has 0 bridgehead atoms. The van der Waals surface area contributed by atoms with Crippen molar-refractivity contribution in [2.24, 2.45) is 23.2 Å². The lowest BCUT2D eigenvalue weighted by atomic mass is 9.69. The maximum absolute atomic E-state index is 14.9. The molecule has 0 radical (unpaired) electrons. The van der Waals surface area contributed by atoms with Gasteiger partial charge < -0.3 is 30.8 Å².